The first-order chi connectivity index (χ1) is 8.24. The molecule has 0 saturated carbocycles. The van der Waals surface area contributed by atoms with Crippen LogP contribution < -0.4 is 5.32 Å². The molecule has 1 amide bonds. The van der Waals surface area contributed by atoms with Crippen molar-refractivity contribution in [1.29, 1.82) is 0 Å². The van der Waals surface area contributed by atoms with Crippen molar-refractivity contribution in [3.63, 3.8) is 0 Å². The largest absolute Gasteiger partial charge is 0.507 e. The SMILES string of the molecule is CC(O)(CNC(=O)c1ccc(Br)cc1O)C(=O)O. The van der Waals surface area contributed by atoms with Crippen LogP contribution in [0.15, 0.2) is 22.7 Å². The summed E-state index contributed by atoms with van der Waals surface area (Å²) in [7, 11) is 0. The lowest BCUT2D eigenvalue weighted by Crippen LogP contribution is -2.46. The quantitative estimate of drug-likeness (QED) is 0.654. The van der Waals surface area contributed by atoms with Gasteiger partial charge in [0.2, 0.25) is 0 Å². The number of phenolic OH excluding ortho intramolecular Hbond substituents is 1. The van der Waals surface area contributed by atoms with Gasteiger partial charge in [-0.2, -0.15) is 0 Å². The molecule has 0 radical (unpaired) electrons. The molecular formula is C11H12BrNO5. The third-order valence-electron chi connectivity index (χ3n) is 2.26. The Hall–Kier alpha value is -1.60. The fraction of sp³-hybridized carbons (Fsp3) is 0.273. The van der Waals surface area contributed by atoms with Gasteiger partial charge in [-0.1, -0.05) is 15.9 Å². The number of hydrogen-bond acceptors (Lipinski definition) is 4. The highest BCUT2D eigenvalue weighted by Gasteiger charge is 2.30. The Morgan fingerprint density at radius 1 is 1.44 bits per heavy atom. The van der Waals surface area contributed by atoms with Crippen molar-refractivity contribution in [2.24, 2.45) is 0 Å². The van der Waals surface area contributed by atoms with E-state index in [1.165, 1.54) is 12.1 Å². The van der Waals surface area contributed by atoms with E-state index in [2.05, 4.69) is 21.2 Å². The summed E-state index contributed by atoms with van der Waals surface area (Å²) in [5.41, 5.74) is -2.06. The number of carbonyl (C=O) groups excluding carboxylic acids is 1. The van der Waals surface area contributed by atoms with E-state index in [0.717, 1.165) is 6.92 Å². The molecule has 1 aromatic carbocycles. The second kappa shape index (κ2) is 5.36. The molecule has 7 heteroatoms. The van der Waals surface area contributed by atoms with Gasteiger partial charge in [-0.15, -0.1) is 0 Å². The number of carboxylic acids is 1. The van der Waals surface area contributed by atoms with Gasteiger partial charge in [0.25, 0.3) is 5.91 Å². The van der Waals surface area contributed by atoms with Gasteiger partial charge in [-0.25, -0.2) is 4.79 Å². The van der Waals surface area contributed by atoms with E-state index < -0.39 is 24.0 Å². The average Bonchev–Trinajstić information content (AvgIpc) is 2.25. The molecule has 18 heavy (non-hydrogen) atoms. The van der Waals surface area contributed by atoms with E-state index in [-0.39, 0.29) is 11.3 Å². The predicted molar refractivity (Wildman–Crippen MR) is 66.4 cm³/mol. The topological polar surface area (TPSA) is 107 Å². The molecule has 0 spiro atoms. The Balaban J connectivity index is 2.75. The van der Waals surface area contributed by atoms with Gasteiger partial charge in [-0.3, -0.25) is 4.79 Å². The lowest BCUT2D eigenvalue weighted by atomic mass is 10.1. The fourth-order valence-electron chi connectivity index (χ4n) is 1.12. The highest BCUT2D eigenvalue weighted by molar-refractivity contribution is 9.10. The maximum atomic E-state index is 11.7. The zero-order valence-corrected chi connectivity index (χ0v) is 11.1. The Labute approximate surface area is 111 Å². The lowest BCUT2D eigenvalue weighted by Gasteiger charge is -2.18. The number of carbonyl (C=O) groups is 2. The lowest BCUT2D eigenvalue weighted by molar-refractivity contribution is -0.155. The van der Waals surface area contributed by atoms with E-state index in [4.69, 9.17) is 5.11 Å². The first kappa shape index (κ1) is 14.5. The summed E-state index contributed by atoms with van der Waals surface area (Å²) >= 11 is 3.13. The normalized spacial score (nSPS) is 13.7. The van der Waals surface area contributed by atoms with Crippen LogP contribution in [-0.2, 0) is 4.79 Å². The molecule has 0 aromatic heterocycles. The third-order valence-corrected chi connectivity index (χ3v) is 2.75. The van der Waals surface area contributed by atoms with Crippen molar-refractivity contribution < 1.29 is 24.9 Å². The summed E-state index contributed by atoms with van der Waals surface area (Å²) < 4.78 is 0.606. The fourth-order valence-corrected chi connectivity index (χ4v) is 1.47. The van der Waals surface area contributed by atoms with Gasteiger partial charge >= 0.3 is 5.97 Å². The second-order valence-electron chi connectivity index (χ2n) is 3.92. The summed E-state index contributed by atoms with van der Waals surface area (Å²) in [5.74, 6) is -2.35. The molecule has 0 aliphatic heterocycles. The van der Waals surface area contributed by atoms with Crippen LogP contribution in [0.25, 0.3) is 0 Å². The standard InChI is InChI=1S/C11H12BrNO5/c1-11(18,10(16)17)5-13-9(15)7-3-2-6(12)4-8(7)14/h2-4,14,18H,5H2,1H3,(H,13,15)(H,16,17). The van der Waals surface area contributed by atoms with Gasteiger partial charge in [0.1, 0.15) is 5.75 Å². The highest BCUT2D eigenvalue weighted by atomic mass is 79.9. The monoisotopic (exact) mass is 317 g/mol. The molecule has 0 aliphatic carbocycles. The van der Waals surface area contributed by atoms with Gasteiger partial charge < -0.3 is 20.6 Å². The van der Waals surface area contributed by atoms with E-state index in [0.29, 0.717) is 4.47 Å². The van der Waals surface area contributed by atoms with Gasteiger partial charge in [0.15, 0.2) is 5.60 Å². The van der Waals surface area contributed by atoms with Crippen LogP contribution >= 0.6 is 15.9 Å². The summed E-state index contributed by atoms with van der Waals surface area (Å²) in [4.78, 5) is 22.3. The van der Waals surface area contributed by atoms with Crippen molar-refractivity contribution in [3.05, 3.63) is 28.2 Å². The van der Waals surface area contributed by atoms with Crippen LogP contribution in [0.3, 0.4) is 0 Å². The molecule has 6 nitrogen and oxygen atoms in total. The molecule has 98 valence electrons. The van der Waals surface area contributed by atoms with Crippen LogP contribution in [0.1, 0.15) is 17.3 Å². The number of hydrogen-bond donors (Lipinski definition) is 4. The van der Waals surface area contributed by atoms with Crippen LogP contribution in [0, 0.1) is 0 Å². The molecule has 4 N–H and O–H groups in total. The minimum absolute atomic E-state index is 0.000566. The number of aliphatic carboxylic acids is 1. The molecular weight excluding hydrogens is 306 g/mol. The van der Waals surface area contributed by atoms with Crippen LogP contribution in [-0.4, -0.2) is 39.3 Å². The van der Waals surface area contributed by atoms with Gasteiger partial charge in [0.05, 0.1) is 12.1 Å². The number of benzene rings is 1. The number of nitrogens with one attached hydrogen (secondary N) is 1. The number of aromatic hydroxyl groups is 1. The minimum atomic E-state index is -2.05. The Morgan fingerprint density at radius 2 is 2.06 bits per heavy atom. The smallest absolute Gasteiger partial charge is 0.337 e. The Bertz CT molecular complexity index is 486. The number of aliphatic hydroxyl groups is 1. The van der Waals surface area contributed by atoms with Crippen molar-refractivity contribution in [3.8, 4) is 5.75 Å². The molecule has 0 fully saturated rings. The highest BCUT2D eigenvalue weighted by Crippen LogP contribution is 2.22. The molecule has 0 bridgehead atoms. The maximum Gasteiger partial charge on any atom is 0.337 e. The number of rotatable bonds is 4. The van der Waals surface area contributed by atoms with E-state index in [1.54, 1.807) is 6.07 Å². The third kappa shape index (κ3) is 3.44. The van der Waals surface area contributed by atoms with Crippen molar-refractivity contribution in [2.45, 2.75) is 12.5 Å². The van der Waals surface area contributed by atoms with Crippen LogP contribution in [0.5, 0.6) is 5.75 Å². The molecule has 1 aromatic rings. The molecule has 0 heterocycles. The number of carboxylic acid groups (broad SMARTS) is 1. The van der Waals surface area contributed by atoms with Crippen molar-refractivity contribution in [1.82, 2.24) is 5.32 Å². The molecule has 1 atom stereocenters. The number of amides is 1. The minimum Gasteiger partial charge on any atom is -0.507 e. The van der Waals surface area contributed by atoms with E-state index >= 15 is 0 Å². The average molecular weight is 318 g/mol. The first-order valence-corrected chi connectivity index (χ1v) is 5.76. The summed E-state index contributed by atoms with van der Waals surface area (Å²) in [6.45, 7) is 0.605. The summed E-state index contributed by atoms with van der Waals surface area (Å²) in [5, 5.41) is 29.8. The Morgan fingerprint density at radius 3 is 2.56 bits per heavy atom. The summed E-state index contributed by atoms with van der Waals surface area (Å²) in [6, 6.07) is 4.28. The molecule has 0 aliphatic rings. The molecule has 0 saturated heterocycles. The van der Waals surface area contributed by atoms with Crippen LogP contribution in [0.4, 0.5) is 0 Å². The number of halogens is 1. The Kier molecular flexibility index (Phi) is 4.31. The van der Waals surface area contributed by atoms with Crippen molar-refractivity contribution >= 4 is 27.8 Å². The van der Waals surface area contributed by atoms with E-state index in [1.807, 2.05) is 0 Å². The molecule has 1 unspecified atom stereocenters. The molecule has 1 rings (SSSR count). The van der Waals surface area contributed by atoms with Crippen molar-refractivity contribution in [2.75, 3.05) is 6.54 Å². The number of phenols is 1. The maximum absolute atomic E-state index is 11.7. The van der Waals surface area contributed by atoms with Gasteiger partial charge in [-0.05, 0) is 25.1 Å². The first-order valence-electron chi connectivity index (χ1n) is 4.96. The zero-order chi connectivity index (χ0) is 13.9. The van der Waals surface area contributed by atoms with Gasteiger partial charge in [0, 0.05) is 4.47 Å². The van der Waals surface area contributed by atoms with E-state index in [9.17, 15) is 19.8 Å². The second-order valence-corrected chi connectivity index (χ2v) is 4.84. The predicted octanol–water partition coefficient (Wildman–Crippen LogP) is 0.720. The summed E-state index contributed by atoms with van der Waals surface area (Å²) in [6.07, 6.45) is 0. The van der Waals surface area contributed by atoms with Crippen LogP contribution in [0.2, 0.25) is 0 Å². The zero-order valence-electron chi connectivity index (χ0n) is 9.48.